The molecule has 0 atom stereocenters. The Bertz CT molecular complexity index is 223. The summed E-state index contributed by atoms with van der Waals surface area (Å²) in [6, 6.07) is 3.21. The Labute approximate surface area is 64.8 Å². The van der Waals surface area contributed by atoms with Crippen LogP contribution in [0.2, 0.25) is 0 Å². The summed E-state index contributed by atoms with van der Waals surface area (Å²) < 4.78 is 4.47. The first-order valence-corrected chi connectivity index (χ1v) is 2.83. The Morgan fingerprint density at radius 1 is 1.45 bits per heavy atom. The monoisotopic (exact) mass is 151 g/mol. The van der Waals surface area contributed by atoms with Gasteiger partial charge < -0.3 is 4.74 Å². The molecule has 0 bridgehead atoms. The maximum Gasteiger partial charge on any atom is 0.337 e. The van der Waals surface area contributed by atoms with Crippen molar-refractivity contribution < 1.29 is 9.53 Å². The fraction of sp³-hybridized carbons (Fsp3) is 0.143. The zero-order valence-electron chi connectivity index (χ0n) is 6.02. The summed E-state index contributed by atoms with van der Waals surface area (Å²) >= 11 is 0. The third-order valence-corrected chi connectivity index (χ3v) is 1.10. The van der Waals surface area contributed by atoms with Gasteiger partial charge in [-0.05, 0) is 12.1 Å². The molecule has 4 nitrogen and oxygen atoms in total. The van der Waals surface area contributed by atoms with Gasteiger partial charge >= 0.3 is 5.97 Å². The second kappa shape index (κ2) is 4.40. The highest BCUT2D eigenvalue weighted by atomic mass is 16.5. The molecule has 0 saturated carbocycles. The first kappa shape index (κ1) is 9.58. The lowest BCUT2D eigenvalue weighted by Gasteiger charge is -1.95. The van der Waals surface area contributed by atoms with E-state index in [1.807, 2.05) is 0 Å². The Kier molecular flexibility index (Phi) is 3.84. The molecule has 0 aliphatic carbocycles. The van der Waals surface area contributed by atoms with E-state index in [4.69, 9.17) is 0 Å². The molecule has 0 aliphatic rings. The molecular formula is C7H7N2O2. The number of aromatic nitrogens is 1. The van der Waals surface area contributed by atoms with Crippen molar-refractivity contribution in [2.24, 2.45) is 0 Å². The van der Waals surface area contributed by atoms with Crippen LogP contribution in [-0.2, 0) is 4.74 Å². The Hall–Kier alpha value is -1.42. The summed E-state index contributed by atoms with van der Waals surface area (Å²) in [4.78, 5) is 14.5. The van der Waals surface area contributed by atoms with Crippen LogP contribution in [0.25, 0.3) is 0 Å². The van der Waals surface area contributed by atoms with Gasteiger partial charge in [-0.2, -0.15) is 0 Å². The molecule has 0 unspecified atom stereocenters. The van der Waals surface area contributed by atoms with Gasteiger partial charge in [0.15, 0.2) is 0 Å². The van der Waals surface area contributed by atoms with Crippen molar-refractivity contribution in [1.29, 1.82) is 0 Å². The normalized spacial score (nSPS) is 8.09. The first-order chi connectivity index (χ1) is 4.84. The molecule has 0 aliphatic heterocycles. The number of rotatable bonds is 1. The van der Waals surface area contributed by atoms with Crippen molar-refractivity contribution in [1.82, 2.24) is 11.1 Å². The van der Waals surface area contributed by atoms with Crippen molar-refractivity contribution in [3.05, 3.63) is 30.1 Å². The highest BCUT2D eigenvalue weighted by Gasteiger charge is 2.01. The van der Waals surface area contributed by atoms with Crippen molar-refractivity contribution in [3.8, 4) is 0 Å². The van der Waals surface area contributed by atoms with Gasteiger partial charge in [0.25, 0.3) is 0 Å². The lowest BCUT2D eigenvalue weighted by Crippen LogP contribution is -2.00. The standard InChI is InChI=1S/C7H7NO2.N/c1-10-7(9)6-2-4-8-5-3-6;/h2-5H,1H3;. The third-order valence-electron chi connectivity index (χ3n) is 1.10. The van der Waals surface area contributed by atoms with Crippen molar-refractivity contribution in [3.63, 3.8) is 0 Å². The van der Waals surface area contributed by atoms with Crippen LogP contribution < -0.4 is 6.15 Å². The van der Waals surface area contributed by atoms with Crippen LogP contribution in [0.1, 0.15) is 10.4 Å². The minimum absolute atomic E-state index is 0. The molecule has 1 aromatic rings. The molecule has 0 fully saturated rings. The van der Waals surface area contributed by atoms with Gasteiger partial charge in [-0.1, -0.05) is 0 Å². The van der Waals surface area contributed by atoms with Crippen LogP contribution in [0.3, 0.4) is 0 Å². The van der Waals surface area contributed by atoms with E-state index in [-0.39, 0.29) is 12.1 Å². The summed E-state index contributed by atoms with van der Waals surface area (Å²) in [7, 11) is 1.35. The fourth-order valence-corrected chi connectivity index (χ4v) is 0.606. The maximum absolute atomic E-state index is 10.8. The van der Waals surface area contributed by atoms with E-state index in [1.54, 1.807) is 24.5 Å². The van der Waals surface area contributed by atoms with Gasteiger partial charge in [-0.3, -0.25) is 4.98 Å². The van der Waals surface area contributed by atoms with Gasteiger partial charge in [0.2, 0.25) is 0 Å². The number of pyridine rings is 1. The number of esters is 1. The molecule has 3 radical (unpaired) electrons. The first-order valence-electron chi connectivity index (χ1n) is 2.83. The zero-order valence-corrected chi connectivity index (χ0v) is 6.02. The Morgan fingerprint density at radius 2 is 2.00 bits per heavy atom. The van der Waals surface area contributed by atoms with Gasteiger partial charge in [-0.25, -0.2) is 4.79 Å². The molecule has 0 aromatic carbocycles. The van der Waals surface area contributed by atoms with Crippen molar-refractivity contribution in [2.75, 3.05) is 7.11 Å². The SMILES string of the molecule is COC(=O)c1ccncc1.[N]. The molecule has 0 amide bonds. The average molecular weight is 151 g/mol. The third kappa shape index (κ3) is 2.35. The van der Waals surface area contributed by atoms with E-state index in [0.29, 0.717) is 5.56 Å². The van der Waals surface area contributed by atoms with E-state index < -0.39 is 0 Å². The molecule has 57 valence electrons. The summed E-state index contributed by atoms with van der Waals surface area (Å²) in [5.74, 6) is -0.331. The van der Waals surface area contributed by atoms with E-state index in [9.17, 15) is 4.79 Å². The van der Waals surface area contributed by atoms with Crippen molar-refractivity contribution >= 4 is 5.97 Å². The molecule has 11 heavy (non-hydrogen) atoms. The van der Waals surface area contributed by atoms with Crippen LogP contribution in [0.4, 0.5) is 0 Å². The minimum Gasteiger partial charge on any atom is -0.465 e. The van der Waals surface area contributed by atoms with Gasteiger partial charge in [0.1, 0.15) is 0 Å². The molecule has 0 N–H and O–H groups in total. The molecule has 0 spiro atoms. The van der Waals surface area contributed by atoms with E-state index in [0.717, 1.165) is 0 Å². The van der Waals surface area contributed by atoms with Crippen molar-refractivity contribution in [2.45, 2.75) is 0 Å². The van der Waals surface area contributed by atoms with Gasteiger partial charge in [-0.15, -0.1) is 0 Å². The highest BCUT2D eigenvalue weighted by molar-refractivity contribution is 5.88. The Balaban J connectivity index is 0.000001000. The average Bonchev–Trinajstić information content (AvgIpc) is 2.05. The largest absolute Gasteiger partial charge is 0.465 e. The number of ether oxygens (including phenoxy) is 1. The van der Waals surface area contributed by atoms with Crippen LogP contribution in [0.15, 0.2) is 24.5 Å². The quantitative estimate of drug-likeness (QED) is 0.545. The van der Waals surface area contributed by atoms with E-state index in [1.165, 1.54) is 7.11 Å². The number of methoxy groups -OCH3 is 1. The Morgan fingerprint density at radius 3 is 2.45 bits per heavy atom. The van der Waals surface area contributed by atoms with Gasteiger partial charge in [0, 0.05) is 18.5 Å². The predicted octanol–water partition coefficient (Wildman–Crippen LogP) is 0.388. The van der Waals surface area contributed by atoms with Crippen LogP contribution in [0.5, 0.6) is 0 Å². The lowest BCUT2D eigenvalue weighted by atomic mass is 10.3. The number of hydrogen-bond acceptors (Lipinski definition) is 3. The molecule has 1 heterocycles. The van der Waals surface area contributed by atoms with Gasteiger partial charge in [0.05, 0.1) is 12.7 Å². The summed E-state index contributed by atoms with van der Waals surface area (Å²) in [5.41, 5.74) is 0.525. The number of nitrogens with zero attached hydrogens (tertiary/aromatic N) is 2. The van der Waals surface area contributed by atoms with Crippen LogP contribution in [0, 0.1) is 0 Å². The molecule has 4 heteroatoms. The zero-order chi connectivity index (χ0) is 7.40. The maximum atomic E-state index is 10.8. The lowest BCUT2D eigenvalue weighted by molar-refractivity contribution is 0.0600. The second-order valence-electron chi connectivity index (χ2n) is 1.73. The summed E-state index contributed by atoms with van der Waals surface area (Å²) in [5, 5.41) is 0. The number of carbonyl (C=O) groups is 1. The molecular weight excluding hydrogens is 144 g/mol. The number of carbonyl (C=O) groups excluding carboxylic acids is 1. The predicted molar refractivity (Wildman–Crippen MR) is 37.7 cm³/mol. The highest BCUT2D eigenvalue weighted by Crippen LogP contribution is 1.96. The summed E-state index contributed by atoms with van der Waals surface area (Å²) in [6.07, 6.45) is 3.10. The molecule has 1 rings (SSSR count). The van der Waals surface area contributed by atoms with E-state index in [2.05, 4.69) is 9.72 Å². The van der Waals surface area contributed by atoms with Crippen LogP contribution >= 0.6 is 0 Å². The number of hydrogen-bond donors (Lipinski definition) is 0. The minimum atomic E-state index is -0.331. The molecule has 1 aromatic heterocycles. The van der Waals surface area contributed by atoms with Crippen LogP contribution in [-0.4, -0.2) is 18.1 Å². The second-order valence-corrected chi connectivity index (χ2v) is 1.73. The van der Waals surface area contributed by atoms with E-state index >= 15 is 0 Å². The topological polar surface area (TPSA) is 69.7 Å². The molecule has 0 saturated heterocycles. The smallest absolute Gasteiger partial charge is 0.337 e. The summed E-state index contributed by atoms with van der Waals surface area (Å²) in [6.45, 7) is 0. The fourth-order valence-electron chi connectivity index (χ4n) is 0.606.